The first-order valence-electron chi connectivity index (χ1n) is 6.04. The summed E-state index contributed by atoms with van der Waals surface area (Å²) in [5, 5.41) is 1.01. The van der Waals surface area contributed by atoms with Crippen molar-refractivity contribution >= 4 is 10.9 Å². The Morgan fingerprint density at radius 1 is 1.53 bits per heavy atom. The minimum atomic E-state index is -0.00410. The van der Waals surface area contributed by atoms with Crippen LogP contribution in [0.1, 0.15) is 24.6 Å². The van der Waals surface area contributed by atoms with Gasteiger partial charge in [0.05, 0.1) is 12.6 Å². The van der Waals surface area contributed by atoms with E-state index < -0.39 is 0 Å². The first kappa shape index (κ1) is 10.6. The van der Waals surface area contributed by atoms with E-state index in [1.807, 2.05) is 25.3 Å². The molecular formula is C13H16N2O2. The predicted molar refractivity (Wildman–Crippen MR) is 66.4 cm³/mol. The van der Waals surface area contributed by atoms with Gasteiger partial charge in [0.1, 0.15) is 5.52 Å². The molecule has 1 fully saturated rings. The Bertz CT molecular complexity index is 591. The summed E-state index contributed by atoms with van der Waals surface area (Å²) in [7, 11) is 0. The summed E-state index contributed by atoms with van der Waals surface area (Å²) in [5.41, 5.74) is 1.67. The highest BCUT2D eigenvalue weighted by atomic mass is 16.5. The Labute approximate surface area is 99.2 Å². The van der Waals surface area contributed by atoms with Gasteiger partial charge in [-0.1, -0.05) is 0 Å². The van der Waals surface area contributed by atoms with E-state index in [2.05, 4.69) is 9.55 Å². The van der Waals surface area contributed by atoms with Crippen LogP contribution in [-0.2, 0) is 4.74 Å². The number of aryl methyl sites for hydroxylation is 1. The van der Waals surface area contributed by atoms with E-state index in [-0.39, 0.29) is 5.56 Å². The van der Waals surface area contributed by atoms with E-state index >= 15 is 0 Å². The third-order valence-corrected chi connectivity index (χ3v) is 3.37. The van der Waals surface area contributed by atoms with Crippen LogP contribution in [0.25, 0.3) is 10.9 Å². The van der Waals surface area contributed by atoms with Crippen molar-refractivity contribution in [2.45, 2.75) is 25.8 Å². The summed E-state index contributed by atoms with van der Waals surface area (Å²) in [6.45, 7) is 3.45. The number of aromatic amines is 1. The lowest BCUT2D eigenvalue weighted by atomic mass is 10.1. The average Bonchev–Trinajstić information content (AvgIpc) is 2.74. The first-order chi connectivity index (χ1) is 8.25. The fraction of sp³-hybridized carbons (Fsp3) is 0.462. The number of hydrogen-bond donors (Lipinski definition) is 1. The predicted octanol–water partition coefficient (Wildman–Crippen LogP) is 1.99. The van der Waals surface area contributed by atoms with Crippen LogP contribution in [0.5, 0.6) is 0 Å². The van der Waals surface area contributed by atoms with Crippen molar-refractivity contribution in [1.29, 1.82) is 0 Å². The second-order valence-corrected chi connectivity index (χ2v) is 4.68. The Morgan fingerprint density at radius 2 is 2.41 bits per heavy atom. The minimum absolute atomic E-state index is 0.00410. The molecular weight excluding hydrogens is 216 g/mol. The Kier molecular flexibility index (Phi) is 2.52. The van der Waals surface area contributed by atoms with Crippen LogP contribution in [0.3, 0.4) is 0 Å². The second kappa shape index (κ2) is 4.04. The van der Waals surface area contributed by atoms with Crippen molar-refractivity contribution in [2.24, 2.45) is 0 Å². The van der Waals surface area contributed by atoms with E-state index in [0.717, 1.165) is 36.0 Å². The zero-order valence-corrected chi connectivity index (χ0v) is 9.90. The molecule has 0 aromatic carbocycles. The van der Waals surface area contributed by atoms with Gasteiger partial charge in [-0.2, -0.15) is 0 Å². The van der Waals surface area contributed by atoms with E-state index in [9.17, 15) is 4.79 Å². The molecule has 1 unspecified atom stereocenters. The van der Waals surface area contributed by atoms with Gasteiger partial charge in [0.25, 0.3) is 5.56 Å². The smallest absolute Gasteiger partial charge is 0.272 e. The van der Waals surface area contributed by atoms with Crippen molar-refractivity contribution in [3.8, 4) is 0 Å². The van der Waals surface area contributed by atoms with Gasteiger partial charge in [-0.05, 0) is 31.9 Å². The number of ether oxygens (including phenoxy) is 1. The monoisotopic (exact) mass is 232 g/mol. The van der Waals surface area contributed by atoms with Crippen LogP contribution in [0.4, 0.5) is 0 Å². The van der Waals surface area contributed by atoms with E-state index in [0.29, 0.717) is 12.6 Å². The summed E-state index contributed by atoms with van der Waals surface area (Å²) in [6.07, 6.45) is 4.14. The molecule has 1 N–H and O–H groups in total. The highest BCUT2D eigenvalue weighted by Gasteiger charge is 2.18. The van der Waals surface area contributed by atoms with Gasteiger partial charge in [-0.3, -0.25) is 4.79 Å². The number of H-pyrrole nitrogens is 1. The maximum absolute atomic E-state index is 12.0. The molecule has 1 aliphatic rings. The number of hydrogen-bond acceptors (Lipinski definition) is 2. The Hall–Kier alpha value is -1.55. The molecule has 1 atom stereocenters. The molecule has 1 aliphatic heterocycles. The molecule has 0 aliphatic carbocycles. The highest BCUT2D eigenvalue weighted by molar-refractivity contribution is 5.79. The van der Waals surface area contributed by atoms with Gasteiger partial charge >= 0.3 is 0 Å². The maximum atomic E-state index is 12.0. The molecule has 3 rings (SSSR count). The quantitative estimate of drug-likeness (QED) is 0.817. The zero-order chi connectivity index (χ0) is 11.8. The van der Waals surface area contributed by atoms with Crippen molar-refractivity contribution in [3.05, 3.63) is 34.4 Å². The average molecular weight is 232 g/mol. The first-order valence-corrected chi connectivity index (χ1v) is 6.04. The third-order valence-electron chi connectivity index (χ3n) is 3.37. The van der Waals surface area contributed by atoms with Gasteiger partial charge in [-0.25, -0.2) is 0 Å². The normalized spacial score (nSPS) is 20.9. The van der Waals surface area contributed by atoms with Crippen molar-refractivity contribution < 1.29 is 4.74 Å². The van der Waals surface area contributed by atoms with Crippen LogP contribution in [-0.4, -0.2) is 22.8 Å². The minimum Gasteiger partial charge on any atom is -0.379 e. The van der Waals surface area contributed by atoms with E-state index in [1.54, 1.807) is 0 Å². The number of nitrogens with one attached hydrogen (secondary N) is 1. The van der Waals surface area contributed by atoms with Gasteiger partial charge < -0.3 is 14.3 Å². The van der Waals surface area contributed by atoms with Crippen molar-refractivity contribution in [1.82, 2.24) is 9.55 Å². The number of nitrogens with zero attached hydrogens (tertiary/aromatic N) is 1. The molecule has 0 saturated carbocycles. The van der Waals surface area contributed by atoms with Crippen LogP contribution in [0.2, 0.25) is 0 Å². The summed E-state index contributed by atoms with van der Waals surface area (Å²) in [6, 6.07) is 4.31. The molecule has 0 bridgehead atoms. The van der Waals surface area contributed by atoms with Crippen molar-refractivity contribution in [2.75, 3.05) is 13.2 Å². The number of fused-ring (bicyclic) bond motifs is 1. The van der Waals surface area contributed by atoms with Gasteiger partial charge in [-0.15, -0.1) is 0 Å². The summed E-state index contributed by atoms with van der Waals surface area (Å²) >= 11 is 0. The molecule has 17 heavy (non-hydrogen) atoms. The lowest BCUT2D eigenvalue weighted by Gasteiger charge is -2.24. The molecule has 3 heterocycles. The topological polar surface area (TPSA) is 47.0 Å². The fourth-order valence-electron chi connectivity index (χ4n) is 2.58. The zero-order valence-electron chi connectivity index (χ0n) is 9.90. The molecule has 4 heteroatoms. The Morgan fingerprint density at radius 3 is 3.18 bits per heavy atom. The molecule has 2 aromatic rings. The van der Waals surface area contributed by atoms with Gasteiger partial charge in [0, 0.05) is 23.9 Å². The van der Waals surface area contributed by atoms with E-state index in [1.165, 1.54) is 0 Å². The van der Waals surface area contributed by atoms with Crippen LogP contribution >= 0.6 is 0 Å². The van der Waals surface area contributed by atoms with Crippen molar-refractivity contribution in [3.63, 3.8) is 0 Å². The van der Waals surface area contributed by atoms with Crippen LogP contribution in [0.15, 0.2) is 23.1 Å². The largest absolute Gasteiger partial charge is 0.379 e. The van der Waals surface area contributed by atoms with Gasteiger partial charge in [0.15, 0.2) is 0 Å². The lowest BCUT2D eigenvalue weighted by molar-refractivity contribution is 0.0606. The third kappa shape index (κ3) is 1.78. The SMILES string of the molecule is Cc1cc2ccn(C3CCCOC3)c2c(=O)[nH]1. The number of rotatable bonds is 1. The highest BCUT2D eigenvalue weighted by Crippen LogP contribution is 2.24. The maximum Gasteiger partial charge on any atom is 0.272 e. The van der Waals surface area contributed by atoms with Crippen LogP contribution in [0, 0.1) is 6.92 Å². The van der Waals surface area contributed by atoms with Crippen LogP contribution < -0.4 is 5.56 Å². The second-order valence-electron chi connectivity index (χ2n) is 4.68. The molecule has 2 aromatic heterocycles. The number of pyridine rings is 1. The Balaban J connectivity index is 2.14. The molecule has 0 spiro atoms. The lowest BCUT2D eigenvalue weighted by Crippen LogP contribution is -2.23. The molecule has 0 radical (unpaired) electrons. The standard InChI is InChI=1S/C13H16N2O2/c1-9-7-10-4-5-15(12(10)13(16)14-9)11-3-2-6-17-8-11/h4-5,7,11H,2-3,6,8H2,1H3,(H,14,16). The van der Waals surface area contributed by atoms with E-state index in [4.69, 9.17) is 4.74 Å². The molecule has 90 valence electrons. The molecule has 1 saturated heterocycles. The molecule has 4 nitrogen and oxygen atoms in total. The molecule has 0 amide bonds. The van der Waals surface area contributed by atoms with Gasteiger partial charge in [0.2, 0.25) is 0 Å². The summed E-state index contributed by atoms with van der Waals surface area (Å²) in [4.78, 5) is 14.9. The number of aromatic nitrogens is 2. The summed E-state index contributed by atoms with van der Waals surface area (Å²) in [5.74, 6) is 0. The fourth-order valence-corrected chi connectivity index (χ4v) is 2.58. The summed E-state index contributed by atoms with van der Waals surface area (Å²) < 4.78 is 7.55.